The second-order valence-electron chi connectivity index (χ2n) is 3.73. The van der Waals surface area contributed by atoms with Gasteiger partial charge in [-0.05, 0) is 19.1 Å². The van der Waals surface area contributed by atoms with Gasteiger partial charge in [-0.2, -0.15) is 0 Å². The van der Waals surface area contributed by atoms with Crippen LogP contribution in [0, 0.1) is 6.92 Å². The van der Waals surface area contributed by atoms with Gasteiger partial charge in [0.25, 0.3) is 0 Å². The lowest BCUT2D eigenvalue weighted by Gasteiger charge is -2.07. The number of nitrogens with one attached hydrogen (secondary N) is 1. The van der Waals surface area contributed by atoms with Crippen molar-refractivity contribution in [1.82, 2.24) is 9.97 Å². The van der Waals surface area contributed by atoms with E-state index < -0.39 is 0 Å². The van der Waals surface area contributed by atoms with Crippen molar-refractivity contribution in [3.05, 3.63) is 42.1 Å². The van der Waals surface area contributed by atoms with Gasteiger partial charge in [0.2, 0.25) is 0 Å². The number of anilines is 1. The molecule has 88 valence electrons. The number of nitrogens with zero attached hydrogens (tertiary/aromatic N) is 2. The third kappa shape index (κ3) is 2.79. The van der Waals surface area contributed by atoms with Crippen LogP contribution < -0.4 is 11.1 Å². The fraction of sp³-hybridized carbons (Fsp3) is 0.231. The number of fused-ring (bicyclic) bond motifs is 1. The average Bonchev–Trinajstić information content (AvgIpc) is 2.35. The number of hydrogen-bond donors (Lipinski definition) is 2. The zero-order valence-corrected chi connectivity index (χ0v) is 9.85. The molecule has 3 N–H and O–H groups in total. The van der Waals surface area contributed by atoms with Crippen LogP contribution in [0.4, 0.5) is 5.82 Å². The lowest BCUT2D eigenvalue weighted by Crippen LogP contribution is -2.05. The van der Waals surface area contributed by atoms with Crippen LogP contribution in [0.1, 0.15) is 5.69 Å². The van der Waals surface area contributed by atoms with Crippen LogP contribution in [0.5, 0.6) is 0 Å². The zero-order chi connectivity index (χ0) is 12.1. The van der Waals surface area contributed by atoms with Gasteiger partial charge in [-0.3, -0.25) is 0 Å². The Balaban J connectivity index is 2.22. The maximum Gasteiger partial charge on any atom is 0.148 e. The fourth-order valence-electron chi connectivity index (χ4n) is 1.59. The number of benzene rings is 1. The molecule has 17 heavy (non-hydrogen) atoms. The molecule has 0 bridgehead atoms. The fourth-order valence-corrected chi connectivity index (χ4v) is 1.59. The van der Waals surface area contributed by atoms with Gasteiger partial charge in [0.05, 0.1) is 16.7 Å². The van der Waals surface area contributed by atoms with Crippen molar-refractivity contribution in [3.63, 3.8) is 0 Å². The van der Waals surface area contributed by atoms with Gasteiger partial charge in [-0.25, -0.2) is 9.97 Å². The van der Waals surface area contributed by atoms with E-state index in [-0.39, 0.29) is 0 Å². The molecule has 2 aromatic rings. The van der Waals surface area contributed by atoms with Crippen LogP contribution in [0.25, 0.3) is 11.0 Å². The van der Waals surface area contributed by atoms with Crippen molar-refractivity contribution in [2.75, 3.05) is 18.4 Å². The molecular weight excluding hydrogens is 212 g/mol. The first kappa shape index (κ1) is 11.5. The molecule has 0 fully saturated rings. The first-order chi connectivity index (χ1) is 8.31. The summed E-state index contributed by atoms with van der Waals surface area (Å²) in [5.74, 6) is 0.824. The lowest BCUT2D eigenvalue weighted by molar-refractivity contribution is 1.14. The molecule has 1 aromatic heterocycles. The Morgan fingerprint density at radius 3 is 2.59 bits per heavy atom. The van der Waals surface area contributed by atoms with Crippen molar-refractivity contribution < 1.29 is 0 Å². The Morgan fingerprint density at radius 2 is 1.88 bits per heavy atom. The van der Waals surface area contributed by atoms with E-state index in [0.717, 1.165) is 22.5 Å². The summed E-state index contributed by atoms with van der Waals surface area (Å²) in [5, 5.41) is 3.22. The van der Waals surface area contributed by atoms with Crippen molar-refractivity contribution >= 4 is 16.9 Å². The normalized spacial score (nSPS) is 11.2. The van der Waals surface area contributed by atoms with E-state index in [9.17, 15) is 0 Å². The SMILES string of the molecule is Cc1nc2ccccc2nc1NC/C=C/CN. The van der Waals surface area contributed by atoms with Crippen LogP contribution in [-0.4, -0.2) is 23.1 Å². The highest BCUT2D eigenvalue weighted by Crippen LogP contribution is 2.15. The molecule has 0 saturated carbocycles. The topological polar surface area (TPSA) is 63.8 Å². The highest BCUT2D eigenvalue weighted by atomic mass is 15.0. The van der Waals surface area contributed by atoms with Crippen LogP contribution in [-0.2, 0) is 0 Å². The van der Waals surface area contributed by atoms with Crippen molar-refractivity contribution in [2.24, 2.45) is 5.73 Å². The van der Waals surface area contributed by atoms with Crippen molar-refractivity contribution in [1.29, 1.82) is 0 Å². The zero-order valence-electron chi connectivity index (χ0n) is 9.85. The number of para-hydroxylation sites is 2. The number of nitrogens with two attached hydrogens (primary N) is 1. The second-order valence-corrected chi connectivity index (χ2v) is 3.73. The molecule has 1 heterocycles. The van der Waals surface area contributed by atoms with E-state index in [1.807, 2.05) is 43.3 Å². The summed E-state index contributed by atoms with van der Waals surface area (Å²) >= 11 is 0. The third-order valence-electron chi connectivity index (χ3n) is 2.43. The summed E-state index contributed by atoms with van der Waals surface area (Å²) in [5.41, 5.74) is 8.11. The molecule has 0 amide bonds. The van der Waals surface area contributed by atoms with Gasteiger partial charge in [0.1, 0.15) is 5.82 Å². The molecule has 0 radical (unpaired) electrons. The van der Waals surface area contributed by atoms with E-state index in [1.54, 1.807) is 0 Å². The van der Waals surface area contributed by atoms with Crippen LogP contribution in [0.2, 0.25) is 0 Å². The van der Waals surface area contributed by atoms with Gasteiger partial charge in [-0.15, -0.1) is 0 Å². The highest BCUT2D eigenvalue weighted by Gasteiger charge is 2.02. The largest absolute Gasteiger partial charge is 0.365 e. The van der Waals surface area contributed by atoms with E-state index in [0.29, 0.717) is 13.1 Å². The molecule has 0 saturated heterocycles. The molecular formula is C13H16N4. The molecule has 4 nitrogen and oxygen atoms in total. The molecule has 0 atom stereocenters. The van der Waals surface area contributed by atoms with E-state index in [1.165, 1.54) is 0 Å². The Labute approximate surface area is 101 Å². The standard InChI is InChI=1S/C13H16N4/c1-10-13(15-9-5-4-8-14)17-12-7-3-2-6-11(12)16-10/h2-7H,8-9,14H2,1H3,(H,15,17)/b5-4+. The number of hydrogen-bond acceptors (Lipinski definition) is 4. The van der Waals surface area contributed by atoms with Crippen molar-refractivity contribution in [2.45, 2.75) is 6.92 Å². The van der Waals surface area contributed by atoms with Gasteiger partial charge >= 0.3 is 0 Å². The maximum atomic E-state index is 5.37. The summed E-state index contributed by atoms with van der Waals surface area (Å²) in [4.78, 5) is 9.03. The lowest BCUT2D eigenvalue weighted by atomic mass is 10.3. The maximum absolute atomic E-state index is 5.37. The first-order valence-electron chi connectivity index (χ1n) is 5.63. The molecule has 0 aliphatic rings. The number of rotatable bonds is 4. The second kappa shape index (κ2) is 5.41. The number of aryl methyl sites for hydroxylation is 1. The first-order valence-corrected chi connectivity index (χ1v) is 5.63. The Hall–Kier alpha value is -1.94. The van der Waals surface area contributed by atoms with Gasteiger partial charge in [0.15, 0.2) is 0 Å². The molecule has 4 heteroatoms. The minimum absolute atomic E-state index is 0.560. The third-order valence-corrected chi connectivity index (χ3v) is 2.43. The monoisotopic (exact) mass is 228 g/mol. The molecule has 0 aliphatic heterocycles. The Kier molecular flexibility index (Phi) is 3.67. The van der Waals surface area contributed by atoms with Gasteiger partial charge < -0.3 is 11.1 Å². The van der Waals surface area contributed by atoms with Crippen molar-refractivity contribution in [3.8, 4) is 0 Å². The van der Waals surface area contributed by atoms with Crippen LogP contribution in [0.3, 0.4) is 0 Å². The van der Waals surface area contributed by atoms with E-state index in [4.69, 9.17) is 5.73 Å². The van der Waals surface area contributed by atoms with Gasteiger partial charge in [0, 0.05) is 13.1 Å². The average molecular weight is 228 g/mol. The Morgan fingerprint density at radius 1 is 1.18 bits per heavy atom. The quantitative estimate of drug-likeness (QED) is 0.784. The van der Waals surface area contributed by atoms with Gasteiger partial charge in [-0.1, -0.05) is 24.3 Å². The number of aromatic nitrogens is 2. The van der Waals surface area contributed by atoms with E-state index >= 15 is 0 Å². The predicted octanol–water partition coefficient (Wildman–Crippen LogP) is 1.87. The summed E-state index contributed by atoms with van der Waals surface area (Å²) in [7, 11) is 0. The Bertz CT molecular complexity index is 534. The van der Waals surface area contributed by atoms with E-state index in [2.05, 4.69) is 15.3 Å². The molecule has 0 unspecified atom stereocenters. The molecule has 0 spiro atoms. The summed E-state index contributed by atoms with van der Waals surface area (Å²) < 4.78 is 0. The van der Waals surface area contributed by atoms with Crippen LogP contribution in [0.15, 0.2) is 36.4 Å². The van der Waals surface area contributed by atoms with Crippen LogP contribution >= 0.6 is 0 Å². The predicted molar refractivity (Wildman–Crippen MR) is 71.0 cm³/mol. The minimum Gasteiger partial charge on any atom is -0.365 e. The summed E-state index contributed by atoms with van der Waals surface area (Å²) in [6.07, 6.45) is 3.90. The molecule has 0 aliphatic carbocycles. The minimum atomic E-state index is 0.560. The smallest absolute Gasteiger partial charge is 0.148 e. The highest BCUT2D eigenvalue weighted by molar-refractivity contribution is 5.76. The molecule has 1 aromatic carbocycles. The summed E-state index contributed by atoms with van der Waals surface area (Å²) in [6, 6.07) is 7.86. The molecule has 2 rings (SSSR count). The summed E-state index contributed by atoms with van der Waals surface area (Å²) in [6.45, 7) is 3.23.